The predicted molar refractivity (Wildman–Crippen MR) is 126 cm³/mol. The van der Waals surface area contributed by atoms with Crippen LogP contribution in [0.1, 0.15) is 146 Å². The van der Waals surface area contributed by atoms with Gasteiger partial charge in [-0.2, -0.15) is 0 Å². The smallest absolute Gasteiger partial charge is 0.165 e. The highest BCUT2D eigenvalue weighted by atomic mass is 16.5. The van der Waals surface area contributed by atoms with Crippen molar-refractivity contribution in [2.75, 3.05) is 0 Å². The fourth-order valence-electron chi connectivity index (χ4n) is 6.30. The fraction of sp³-hybridized carbons (Fsp3) is 0.786. The molecule has 3 aliphatic rings. The zero-order chi connectivity index (χ0) is 21.1. The second kappa shape index (κ2) is 9.53. The largest absolute Gasteiger partial charge is 0.504 e. The standard InChI is InChI=1S/C28H44O2/c1-28(2,3)24-19-23(20-13-7-4-8-14-20)27(30-22-17-11-6-12-18-22)26(29)25(24)21-15-9-5-10-16-21/h19-22,29H,4-18H2,1-3H3. The first-order valence-electron chi connectivity index (χ1n) is 13.0. The summed E-state index contributed by atoms with van der Waals surface area (Å²) in [5.74, 6) is 2.43. The van der Waals surface area contributed by atoms with Crippen LogP contribution in [0.25, 0.3) is 0 Å². The molecule has 4 rings (SSSR count). The third-order valence-electron chi connectivity index (χ3n) is 8.03. The Morgan fingerprint density at radius 2 is 1.23 bits per heavy atom. The third-order valence-corrected chi connectivity index (χ3v) is 8.03. The molecule has 0 aliphatic heterocycles. The summed E-state index contributed by atoms with van der Waals surface area (Å²) in [7, 11) is 0. The van der Waals surface area contributed by atoms with Crippen LogP contribution in [0.15, 0.2) is 6.07 Å². The lowest BCUT2D eigenvalue weighted by atomic mass is 9.72. The molecular weight excluding hydrogens is 368 g/mol. The van der Waals surface area contributed by atoms with Gasteiger partial charge in [-0.1, -0.05) is 71.8 Å². The van der Waals surface area contributed by atoms with Crippen molar-refractivity contribution < 1.29 is 9.84 Å². The molecule has 0 heterocycles. The highest BCUT2D eigenvalue weighted by molar-refractivity contribution is 5.59. The lowest BCUT2D eigenvalue weighted by Gasteiger charge is -2.35. The van der Waals surface area contributed by atoms with Crippen LogP contribution in [-0.2, 0) is 5.41 Å². The van der Waals surface area contributed by atoms with Crippen molar-refractivity contribution in [1.82, 2.24) is 0 Å². The Labute approximate surface area is 184 Å². The minimum absolute atomic E-state index is 0.0387. The molecular formula is C28H44O2. The Hall–Kier alpha value is -1.18. The van der Waals surface area contributed by atoms with E-state index in [1.165, 1.54) is 100 Å². The zero-order valence-electron chi connectivity index (χ0n) is 19.8. The molecule has 168 valence electrons. The maximum atomic E-state index is 11.8. The highest BCUT2D eigenvalue weighted by Crippen LogP contribution is 2.51. The van der Waals surface area contributed by atoms with E-state index in [1.54, 1.807) is 0 Å². The summed E-state index contributed by atoms with van der Waals surface area (Å²) in [4.78, 5) is 0. The van der Waals surface area contributed by atoms with Gasteiger partial charge in [-0.05, 0) is 74.2 Å². The van der Waals surface area contributed by atoms with E-state index in [0.717, 1.165) is 18.6 Å². The van der Waals surface area contributed by atoms with Gasteiger partial charge >= 0.3 is 0 Å². The van der Waals surface area contributed by atoms with Crippen LogP contribution in [0.5, 0.6) is 11.5 Å². The second-order valence-electron chi connectivity index (χ2n) is 11.4. The van der Waals surface area contributed by atoms with Crippen molar-refractivity contribution in [3.05, 3.63) is 22.8 Å². The summed E-state index contributed by atoms with van der Waals surface area (Å²) in [6.45, 7) is 6.96. The molecule has 0 aromatic heterocycles. The van der Waals surface area contributed by atoms with Gasteiger partial charge in [0.1, 0.15) is 0 Å². The molecule has 0 radical (unpaired) electrons. The number of hydrogen-bond acceptors (Lipinski definition) is 2. The molecule has 2 heteroatoms. The van der Waals surface area contributed by atoms with Gasteiger partial charge in [0.25, 0.3) is 0 Å². The first-order chi connectivity index (χ1) is 14.4. The van der Waals surface area contributed by atoms with Crippen LogP contribution in [0.3, 0.4) is 0 Å². The van der Waals surface area contributed by atoms with E-state index >= 15 is 0 Å². The van der Waals surface area contributed by atoms with Crippen molar-refractivity contribution >= 4 is 0 Å². The molecule has 2 nitrogen and oxygen atoms in total. The highest BCUT2D eigenvalue weighted by Gasteiger charge is 2.33. The molecule has 0 saturated heterocycles. The van der Waals surface area contributed by atoms with Gasteiger partial charge in [0.05, 0.1) is 6.10 Å². The number of phenols is 1. The van der Waals surface area contributed by atoms with Gasteiger partial charge in [0.15, 0.2) is 11.5 Å². The van der Waals surface area contributed by atoms with E-state index in [1.807, 2.05) is 0 Å². The van der Waals surface area contributed by atoms with Crippen molar-refractivity contribution in [1.29, 1.82) is 0 Å². The van der Waals surface area contributed by atoms with E-state index in [-0.39, 0.29) is 11.5 Å². The lowest BCUT2D eigenvalue weighted by molar-refractivity contribution is 0.146. The zero-order valence-corrected chi connectivity index (χ0v) is 19.8. The summed E-state index contributed by atoms with van der Waals surface area (Å²) in [5.41, 5.74) is 3.97. The van der Waals surface area contributed by atoms with Gasteiger partial charge in [-0.3, -0.25) is 0 Å². The molecule has 3 saturated carbocycles. The van der Waals surface area contributed by atoms with Gasteiger partial charge in [0, 0.05) is 11.1 Å². The Balaban J connectivity index is 1.81. The molecule has 0 amide bonds. The molecule has 3 aliphatic carbocycles. The number of rotatable bonds is 4. The average Bonchev–Trinajstić information content (AvgIpc) is 2.76. The van der Waals surface area contributed by atoms with E-state index in [4.69, 9.17) is 4.74 Å². The summed E-state index contributed by atoms with van der Waals surface area (Å²) in [5, 5.41) is 11.8. The first-order valence-corrected chi connectivity index (χ1v) is 13.0. The quantitative estimate of drug-likeness (QED) is 0.537. The molecule has 3 fully saturated rings. The Morgan fingerprint density at radius 3 is 1.77 bits per heavy atom. The minimum Gasteiger partial charge on any atom is -0.504 e. The van der Waals surface area contributed by atoms with E-state index < -0.39 is 0 Å². The fourth-order valence-corrected chi connectivity index (χ4v) is 6.30. The van der Waals surface area contributed by atoms with Crippen molar-refractivity contribution in [3.8, 4) is 11.5 Å². The monoisotopic (exact) mass is 412 g/mol. The number of aromatic hydroxyl groups is 1. The molecule has 0 atom stereocenters. The van der Waals surface area contributed by atoms with Gasteiger partial charge < -0.3 is 9.84 Å². The first kappa shape index (κ1) is 22.0. The predicted octanol–water partition coefficient (Wildman–Crippen LogP) is 8.50. The summed E-state index contributed by atoms with van der Waals surface area (Å²) in [6, 6.07) is 2.48. The van der Waals surface area contributed by atoms with Gasteiger partial charge in [0.2, 0.25) is 0 Å². The molecule has 0 spiro atoms. The number of ether oxygens (including phenoxy) is 1. The SMILES string of the molecule is CC(C)(C)c1cc(C2CCCCC2)c(OC2CCCCC2)c(O)c1C1CCCCC1. The lowest BCUT2D eigenvalue weighted by Crippen LogP contribution is -2.23. The maximum Gasteiger partial charge on any atom is 0.165 e. The second-order valence-corrected chi connectivity index (χ2v) is 11.4. The molecule has 1 aromatic rings. The Bertz CT molecular complexity index is 696. The summed E-state index contributed by atoms with van der Waals surface area (Å²) >= 11 is 0. The average molecular weight is 413 g/mol. The van der Waals surface area contributed by atoms with E-state index in [9.17, 15) is 5.11 Å². The van der Waals surface area contributed by atoms with Crippen LogP contribution in [0, 0.1) is 0 Å². The van der Waals surface area contributed by atoms with Crippen molar-refractivity contribution in [2.24, 2.45) is 0 Å². The van der Waals surface area contributed by atoms with Crippen molar-refractivity contribution in [3.63, 3.8) is 0 Å². The topological polar surface area (TPSA) is 29.5 Å². The van der Waals surface area contributed by atoms with Gasteiger partial charge in [-0.25, -0.2) is 0 Å². The molecule has 0 bridgehead atoms. The maximum absolute atomic E-state index is 11.8. The van der Waals surface area contributed by atoms with Crippen LogP contribution in [0.4, 0.5) is 0 Å². The normalized spacial score (nSPS) is 22.9. The molecule has 30 heavy (non-hydrogen) atoms. The van der Waals surface area contributed by atoms with Crippen LogP contribution >= 0.6 is 0 Å². The molecule has 0 unspecified atom stereocenters. The molecule has 1 aromatic carbocycles. The van der Waals surface area contributed by atoms with Crippen LogP contribution < -0.4 is 4.74 Å². The van der Waals surface area contributed by atoms with Crippen LogP contribution in [0.2, 0.25) is 0 Å². The Morgan fingerprint density at radius 1 is 0.733 bits per heavy atom. The van der Waals surface area contributed by atoms with Crippen molar-refractivity contribution in [2.45, 2.75) is 140 Å². The third kappa shape index (κ3) is 4.83. The number of benzene rings is 1. The minimum atomic E-state index is 0.0387. The number of hydrogen-bond donors (Lipinski definition) is 1. The van der Waals surface area contributed by atoms with Crippen LogP contribution in [-0.4, -0.2) is 11.2 Å². The number of phenolic OH excluding ortho intramolecular Hbond substituents is 1. The molecule has 1 N–H and O–H groups in total. The van der Waals surface area contributed by atoms with Gasteiger partial charge in [-0.15, -0.1) is 0 Å². The summed E-state index contributed by atoms with van der Waals surface area (Å²) < 4.78 is 6.72. The summed E-state index contributed by atoms with van der Waals surface area (Å²) in [6.07, 6.45) is 19.2. The van der Waals surface area contributed by atoms with E-state index in [0.29, 0.717) is 17.6 Å². The van der Waals surface area contributed by atoms with E-state index in [2.05, 4.69) is 26.8 Å². The Kier molecular flexibility index (Phi) is 7.00.